The lowest BCUT2D eigenvalue weighted by molar-refractivity contribution is 0.154. The molecule has 5 nitrogen and oxygen atoms in total. The molecule has 1 atom stereocenters. The molecule has 0 aromatic carbocycles. The normalized spacial score (nSPS) is 21.0. The average molecular weight is 259 g/mol. The van der Waals surface area contributed by atoms with Crippen LogP contribution in [0, 0.1) is 0 Å². The molecule has 5 heteroatoms. The molecule has 19 heavy (non-hydrogen) atoms. The van der Waals surface area contributed by atoms with Gasteiger partial charge in [-0.25, -0.2) is 4.98 Å². The maximum absolute atomic E-state index is 5.91. The summed E-state index contributed by atoms with van der Waals surface area (Å²) >= 11 is 0. The lowest BCUT2D eigenvalue weighted by atomic mass is 9.98. The molecule has 3 heterocycles. The van der Waals surface area contributed by atoms with Crippen molar-refractivity contribution < 1.29 is 0 Å². The minimum absolute atomic E-state index is 0.616. The van der Waals surface area contributed by atoms with E-state index in [0.29, 0.717) is 11.9 Å². The van der Waals surface area contributed by atoms with Gasteiger partial charge in [-0.2, -0.15) is 9.61 Å². The molecule has 1 aliphatic heterocycles. The van der Waals surface area contributed by atoms with E-state index in [1.165, 1.54) is 25.8 Å². The molecule has 0 saturated carbocycles. The molecule has 102 valence electrons. The summed E-state index contributed by atoms with van der Waals surface area (Å²) in [4.78, 5) is 6.86. The molecule has 0 aliphatic carbocycles. The van der Waals surface area contributed by atoms with Crippen LogP contribution in [-0.2, 0) is 6.42 Å². The molecule has 0 amide bonds. The largest absolute Gasteiger partial charge is 0.384 e. The highest BCUT2D eigenvalue weighted by atomic mass is 15.3. The van der Waals surface area contributed by atoms with Crippen LogP contribution in [0.4, 0.5) is 5.82 Å². The third-order valence-corrected chi connectivity index (χ3v) is 4.04. The number of hydrogen-bond acceptors (Lipinski definition) is 4. The van der Waals surface area contributed by atoms with Crippen LogP contribution >= 0.6 is 0 Å². The van der Waals surface area contributed by atoms with E-state index in [0.717, 1.165) is 24.3 Å². The van der Waals surface area contributed by atoms with Crippen LogP contribution < -0.4 is 5.73 Å². The Kier molecular flexibility index (Phi) is 3.38. The first-order chi connectivity index (χ1) is 9.28. The summed E-state index contributed by atoms with van der Waals surface area (Å²) in [5.74, 6) is 0.646. The Morgan fingerprint density at radius 3 is 3.11 bits per heavy atom. The third kappa shape index (κ3) is 2.42. The van der Waals surface area contributed by atoms with Crippen LogP contribution in [0.2, 0.25) is 0 Å². The molecule has 2 aromatic heterocycles. The minimum Gasteiger partial charge on any atom is -0.384 e. The van der Waals surface area contributed by atoms with Gasteiger partial charge >= 0.3 is 0 Å². The molecule has 2 N–H and O–H groups in total. The molecular formula is C14H21N5. The number of anilines is 1. The van der Waals surface area contributed by atoms with Crippen molar-refractivity contribution in [1.82, 2.24) is 19.5 Å². The molecule has 0 bridgehead atoms. The molecular weight excluding hydrogens is 238 g/mol. The first-order valence-corrected chi connectivity index (χ1v) is 7.11. The highest BCUT2D eigenvalue weighted by molar-refractivity contribution is 5.46. The molecule has 1 saturated heterocycles. The van der Waals surface area contributed by atoms with Gasteiger partial charge in [0.1, 0.15) is 5.82 Å². The number of likely N-dealkylation sites (N-methyl/N-ethyl adjacent to an activating group) is 1. The van der Waals surface area contributed by atoms with Crippen LogP contribution in [0.5, 0.6) is 0 Å². The van der Waals surface area contributed by atoms with Crippen molar-refractivity contribution in [1.29, 1.82) is 0 Å². The number of likely N-dealkylation sites (tertiary alicyclic amines) is 1. The summed E-state index contributed by atoms with van der Waals surface area (Å²) in [6.45, 7) is 4.58. The first kappa shape index (κ1) is 12.4. The second-order valence-electron chi connectivity index (χ2n) is 5.26. The molecule has 1 fully saturated rings. The van der Waals surface area contributed by atoms with Crippen LogP contribution in [0.15, 0.2) is 18.3 Å². The van der Waals surface area contributed by atoms with Crippen molar-refractivity contribution in [3.8, 4) is 0 Å². The van der Waals surface area contributed by atoms with Gasteiger partial charge in [-0.1, -0.05) is 13.3 Å². The predicted octanol–water partition coefficient (Wildman–Crippen LogP) is 1.73. The highest BCUT2D eigenvalue weighted by Crippen LogP contribution is 2.20. The molecule has 0 radical (unpaired) electrons. The molecule has 2 aromatic rings. The predicted molar refractivity (Wildman–Crippen MR) is 76.0 cm³/mol. The Morgan fingerprint density at radius 1 is 1.42 bits per heavy atom. The van der Waals surface area contributed by atoms with E-state index in [9.17, 15) is 0 Å². The fourth-order valence-corrected chi connectivity index (χ4v) is 3.01. The van der Waals surface area contributed by atoms with Gasteiger partial charge in [-0.15, -0.1) is 0 Å². The zero-order valence-corrected chi connectivity index (χ0v) is 11.4. The SMILES string of the molecule is CCN1CCCCC1Cc1cc2nccc(N)n2n1. The summed E-state index contributed by atoms with van der Waals surface area (Å²) in [7, 11) is 0. The van der Waals surface area contributed by atoms with Crippen molar-refractivity contribution >= 4 is 11.5 Å². The average Bonchev–Trinajstić information content (AvgIpc) is 2.83. The number of hydrogen-bond donors (Lipinski definition) is 1. The van der Waals surface area contributed by atoms with Gasteiger partial charge in [0.15, 0.2) is 5.65 Å². The summed E-state index contributed by atoms with van der Waals surface area (Å²) in [5, 5.41) is 4.58. The van der Waals surface area contributed by atoms with Crippen LogP contribution in [0.1, 0.15) is 31.9 Å². The third-order valence-electron chi connectivity index (χ3n) is 4.04. The number of nitrogen functional groups attached to an aromatic ring is 1. The van der Waals surface area contributed by atoms with Crippen molar-refractivity contribution in [2.45, 2.75) is 38.6 Å². The summed E-state index contributed by atoms with van der Waals surface area (Å²) in [6.07, 6.45) is 6.65. The molecule has 1 unspecified atom stereocenters. The lowest BCUT2D eigenvalue weighted by Gasteiger charge is -2.34. The lowest BCUT2D eigenvalue weighted by Crippen LogP contribution is -2.40. The van der Waals surface area contributed by atoms with Gasteiger partial charge in [0.25, 0.3) is 0 Å². The van der Waals surface area contributed by atoms with E-state index in [-0.39, 0.29) is 0 Å². The second-order valence-corrected chi connectivity index (χ2v) is 5.26. The number of nitrogens with two attached hydrogens (primary N) is 1. The Hall–Kier alpha value is -1.62. The Labute approximate surface area is 113 Å². The Morgan fingerprint density at radius 2 is 2.32 bits per heavy atom. The zero-order valence-electron chi connectivity index (χ0n) is 11.4. The number of nitrogens with zero attached hydrogens (tertiary/aromatic N) is 4. The number of piperidine rings is 1. The Balaban J connectivity index is 1.82. The van der Waals surface area contributed by atoms with E-state index in [4.69, 9.17) is 5.73 Å². The van der Waals surface area contributed by atoms with Gasteiger partial charge in [0, 0.05) is 24.7 Å². The van der Waals surface area contributed by atoms with E-state index >= 15 is 0 Å². The molecule has 0 spiro atoms. The summed E-state index contributed by atoms with van der Waals surface area (Å²) in [5.41, 5.74) is 7.84. The van der Waals surface area contributed by atoms with Crippen molar-refractivity contribution in [2.75, 3.05) is 18.8 Å². The number of aromatic nitrogens is 3. The molecule has 3 rings (SSSR count). The van der Waals surface area contributed by atoms with Gasteiger partial charge in [0.2, 0.25) is 0 Å². The second kappa shape index (κ2) is 5.17. The Bertz CT molecular complexity index is 562. The quantitative estimate of drug-likeness (QED) is 0.912. The van der Waals surface area contributed by atoms with Crippen molar-refractivity contribution in [3.63, 3.8) is 0 Å². The number of rotatable bonds is 3. The fourth-order valence-electron chi connectivity index (χ4n) is 3.01. The van der Waals surface area contributed by atoms with Gasteiger partial charge in [0.05, 0.1) is 5.69 Å². The number of fused-ring (bicyclic) bond motifs is 1. The van der Waals surface area contributed by atoms with E-state index in [1.807, 2.05) is 0 Å². The smallest absolute Gasteiger partial charge is 0.157 e. The van der Waals surface area contributed by atoms with E-state index < -0.39 is 0 Å². The summed E-state index contributed by atoms with van der Waals surface area (Å²) < 4.78 is 1.73. The van der Waals surface area contributed by atoms with Crippen molar-refractivity contribution in [2.24, 2.45) is 0 Å². The van der Waals surface area contributed by atoms with Crippen LogP contribution in [-0.4, -0.2) is 38.6 Å². The first-order valence-electron chi connectivity index (χ1n) is 7.11. The van der Waals surface area contributed by atoms with Gasteiger partial charge in [-0.05, 0) is 32.0 Å². The van der Waals surface area contributed by atoms with Crippen molar-refractivity contribution in [3.05, 3.63) is 24.0 Å². The van der Waals surface area contributed by atoms with E-state index in [2.05, 4.69) is 28.0 Å². The maximum Gasteiger partial charge on any atom is 0.157 e. The van der Waals surface area contributed by atoms with Gasteiger partial charge in [-0.3, -0.25) is 0 Å². The minimum atomic E-state index is 0.616. The molecule has 1 aliphatic rings. The van der Waals surface area contributed by atoms with E-state index in [1.54, 1.807) is 16.8 Å². The van der Waals surface area contributed by atoms with Crippen LogP contribution in [0.25, 0.3) is 5.65 Å². The standard InChI is InChI=1S/C14H21N5/c1-2-18-8-4-3-5-12(18)9-11-10-14-16-7-6-13(15)19(14)17-11/h6-7,10,12H,2-5,8-9,15H2,1H3. The topological polar surface area (TPSA) is 59.5 Å². The monoisotopic (exact) mass is 259 g/mol. The van der Waals surface area contributed by atoms with Gasteiger partial charge < -0.3 is 10.6 Å². The maximum atomic E-state index is 5.91. The summed E-state index contributed by atoms with van der Waals surface area (Å²) in [6, 6.07) is 4.45. The van der Waals surface area contributed by atoms with Crippen LogP contribution in [0.3, 0.4) is 0 Å². The highest BCUT2D eigenvalue weighted by Gasteiger charge is 2.22. The zero-order chi connectivity index (χ0) is 13.2. The fraction of sp³-hybridized carbons (Fsp3) is 0.571.